The van der Waals surface area contributed by atoms with Gasteiger partial charge in [-0.05, 0) is 72.8 Å². The summed E-state index contributed by atoms with van der Waals surface area (Å²) >= 11 is 6.56. The van der Waals surface area contributed by atoms with Gasteiger partial charge in [-0.25, -0.2) is 8.78 Å². The van der Waals surface area contributed by atoms with Gasteiger partial charge in [-0.1, -0.05) is 54.1 Å². The fourth-order valence-electron chi connectivity index (χ4n) is 5.50. The molecule has 2 fully saturated rings. The standard InChI is InChI=1S/C35H41ClF2N4O4/c36-31-14-7-25(15-16-39-21-33(37)38)19-27(31)23-41(28-8-9-28)35(44)32-20-40-22-34(43)42(32)29-10-12-30(13-11-29)46-18-4-17-45-24-26-5-2-1-3-6-26/h1-3,5-7,10-14,19,28,32-33,39-40H,4,8-9,15-18,20-24H2/t32-/m1/s1. The van der Waals surface area contributed by atoms with E-state index in [2.05, 4.69) is 10.6 Å². The third-order valence-corrected chi connectivity index (χ3v) is 8.39. The third-order valence-electron chi connectivity index (χ3n) is 8.02. The lowest BCUT2D eigenvalue weighted by molar-refractivity contribution is -0.136. The van der Waals surface area contributed by atoms with Gasteiger partial charge in [-0.3, -0.25) is 14.5 Å². The molecular formula is C35H41ClF2N4O4. The average Bonchev–Trinajstić information content (AvgIpc) is 3.91. The number of amides is 2. The lowest BCUT2D eigenvalue weighted by atomic mass is 10.1. The zero-order valence-electron chi connectivity index (χ0n) is 25.8. The van der Waals surface area contributed by atoms with Crippen molar-refractivity contribution in [3.63, 3.8) is 0 Å². The molecule has 1 aliphatic carbocycles. The molecule has 0 unspecified atom stereocenters. The maximum Gasteiger partial charge on any atom is 0.250 e. The van der Waals surface area contributed by atoms with Gasteiger partial charge < -0.3 is 25.0 Å². The third kappa shape index (κ3) is 9.72. The van der Waals surface area contributed by atoms with Gasteiger partial charge in [-0.2, -0.15) is 0 Å². The van der Waals surface area contributed by atoms with Crippen molar-refractivity contribution in [3.05, 3.63) is 94.5 Å². The molecule has 3 aromatic rings. The van der Waals surface area contributed by atoms with Crippen LogP contribution in [0.2, 0.25) is 5.02 Å². The first-order valence-electron chi connectivity index (χ1n) is 15.8. The number of ether oxygens (including phenoxy) is 2. The monoisotopic (exact) mass is 654 g/mol. The highest BCUT2D eigenvalue weighted by Gasteiger charge is 2.41. The zero-order valence-corrected chi connectivity index (χ0v) is 26.6. The predicted molar refractivity (Wildman–Crippen MR) is 174 cm³/mol. The van der Waals surface area contributed by atoms with Crippen molar-refractivity contribution in [2.75, 3.05) is 44.3 Å². The molecule has 8 nitrogen and oxygen atoms in total. The minimum atomic E-state index is -2.40. The molecule has 2 N–H and O–H groups in total. The van der Waals surface area contributed by atoms with Crippen LogP contribution in [0.15, 0.2) is 72.8 Å². The molecule has 246 valence electrons. The first kappa shape index (κ1) is 33.8. The van der Waals surface area contributed by atoms with Crippen LogP contribution >= 0.6 is 11.6 Å². The van der Waals surface area contributed by atoms with Crippen LogP contribution in [-0.4, -0.2) is 74.6 Å². The minimum absolute atomic E-state index is 0.0752. The molecular weight excluding hydrogens is 614 g/mol. The van der Waals surface area contributed by atoms with Crippen LogP contribution < -0.4 is 20.3 Å². The highest BCUT2D eigenvalue weighted by molar-refractivity contribution is 6.31. The minimum Gasteiger partial charge on any atom is -0.494 e. The molecule has 46 heavy (non-hydrogen) atoms. The van der Waals surface area contributed by atoms with Crippen molar-refractivity contribution in [1.29, 1.82) is 0 Å². The van der Waals surface area contributed by atoms with Crippen LogP contribution in [-0.2, 0) is 33.9 Å². The van der Waals surface area contributed by atoms with Crippen molar-refractivity contribution in [1.82, 2.24) is 15.5 Å². The van der Waals surface area contributed by atoms with E-state index in [-0.39, 0.29) is 30.9 Å². The lowest BCUT2D eigenvalue weighted by Crippen LogP contribution is -2.61. The van der Waals surface area contributed by atoms with Crippen LogP contribution in [0.25, 0.3) is 0 Å². The Hall–Kier alpha value is -3.57. The van der Waals surface area contributed by atoms with Crippen LogP contribution in [0.5, 0.6) is 5.75 Å². The molecule has 2 amide bonds. The Bertz CT molecular complexity index is 1430. The number of anilines is 1. The fraction of sp³-hybridized carbons (Fsp3) is 0.429. The summed E-state index contributed by atoms with van der Waals surface area (Å²) in [4.78, 5) is 30.7. The van der Waals surface area contributed by atoms with E-state index in [0.29, 0.717) is 62.3 Å². The van der Waals surface area contributed by atoms with E-state index in [1.165, 1.54) is 0 Å². The predicted octanol–water partition coefficient (Wildman–Crippen LogP) is 5.22. The van der Waals surface area contributed by atoms with E-state index in [1.807, 2.05) is 71.6 Å². The molecule has 5 rings (SSSR count). The molecule has 0 spiro atoms. The van der Waals surface area contributed by atoms with Crippen LogP contribution in [0.1, 0.15) is 36.0 Å². The Morgan fingerprint density at radius 3 is 2.57 bits per heavy atom. The van der Waals surface area contributed by atoms with Gasteiger partial charge in [0.25, 0.3) is 6.43 Å². The van der Waals surface area contributed by atoms with Crippen molar-refractivity contribution in [2.24, 2.45) is 0 Å². The van der Waals surface area contributed by atoms with E-state index >= 15 is 0 Å². The topological polar surface area (TPSA) is 83.1 Å². The second-order valence-corrected chi connectivity index (χ2v) is 12.0. The molecule has 2 aliphatic rings. The smallest absolute Gasteiger partial charge is 0.250 e. The molecule has 1 aliphatic heterocycles. The number of alkyl halides is 2. The van der Waals surface area contributed by atoms with Crippen molar-refractivity contribution in [3.8, 4) is 5.75 Å². The molecule has 11 heteroatoms. The Kier molecular flexibility index (Phi) is 12.4. The number of nitrogens with zero attached hydrogens (tertiary/aromatic N) is 2. The summed E-state index contributed by atoms with van der Waals surface area (Å²) < 4.78 is 36.6. The summed E-state index contributed by atoms with van der Waals surface area (Å²) in [5, 5.41) is 6.39. The van der Waals surface area contributed by atoms with Gasteiger partial charge in [0, 0.05) is 36.3 Å². The number of nitrogens with one attached hydrogen (secondary N) is 2. The summed E-state index contributed by atoms with van der Waals surface area (Å²) in [6.45, 7) is 2.48. The average molecular weight is 655 g/mol. The van der Waals surface area contributed by atoms with Crippen LogP contribution in [0, 0.1) is 0 Å². The van der Waals surface area contributed by atoms with Crippen LogP contribution in [0.3, 0.4) is 0 Å². The number of carbonyl (C=O) groups is 2. The van der Waals surface area contributed by atoms with Gasteiger partial charge in [0.15, 0.2) is 0 Å². The summed E-state index contributed by atoms with van der Waals surface area (Å²) in [6.07, 6.45) is 0.675. The van der Waals surface area contributed by atoms with Crippen molar-refractivity contribution < 1.29 is 27.8 Å². The van der Waals surface area contributed by atoms with Gasteiger partial charge in [0.05, 0.1) is 32.9 Å². The Morgan fingerprint density at radius 1 is 1.04 bits per heavy atom. The maximum absolute atomic E-state index is 14.1. The second kappa shape index (κ2) is 16.8. The van der Waals surface area contributed by atoms with Crippen molar-refractivity contribution in [2.45, 2.75) is 57.3 Å². The number of rotatable bonds is 17. The number of hydrogen-bond acceptors (Lipinski definition) is 6. The molecule has 1 heterocycles. The number of halogens is 3. The number of benzene rings is 3. The molecule has 0 aromatic heterocycles. The van der Waals surface area contributed by atoms with E-state index in [1.54, 1.807) is 11.0 Å². The number of piperazine rings is 1. The Balaban J connectivity index is 1.18. The Labute approximate surface area is 274 Å². The summed E-state index contributed by atoms with van der Waals surface area (Å²) in [5.41, 5.74) is 3.51. The quantitative estimate of drug-likeness (QED) is 0.194. The van der Waals surface area contributed by atoms with E-state index in [9.17, 15) is 18.4 Å². The molecule has 3 aromatic carbocycles. The first-order valence-corrected chi connectivity index (χ1v) is 16.2. The molecule has 1 saturated heterocycles. The molecule has 0 radical (unpaired) electrons. The summed E-state index contributed by atoms with van der Waals surface area (Å²) in [6, 6.07) is 22.2. The molecule has 1 atom stereocenters. The summed E-state index contributed by atoms with van der Waals surface area (Å²) in [7, 11) is 0. The van der Waals surface area contributed by atoms with E-state index in [0.717, 1.165) is 36.0 Å². The van der Waals surface area contributed by atoms with Gasteiger partial charge >= 0.3 is 0 Å². The maximum atomic E-state index is 14.1. The number of carbonyl (C=O) groups excluding carboxylic acids is 2. The van der Waals surface area contributed by atoms with E-state index in [4.69, 9.17) is 21.1 Å². The molecule has 0 bridgehead atoms. The SMILES string of the molecule is O=C([C@H]1CNCC(=O)N1c1ccc(OCCCOCc2ccccc2)cc1)N(Cc1cc(CCNCC(F)F)ccc1Cl)C1CC1. The van der Waals surface area contributed by atoms with Crippen molar-refractivity contribution >= 4 is 29.1 Å². The van der Waals surface area contributed by atoms with Gasteiger partial charge in [-0.15, -0.1) is 0 Å². The normalized spacial score (nSPS) is 16.6. The Morgan fingerprint density at radius 2 is 1.83 bits per heavy atom. The second-order valence-electron chi connectivity index (χ2n) is 11.6. The van der Waals surface area contributed by atoms with Gasteiger partial charge in [0.1, 0.15) is 11.8 Å². The molecule has 1 saturated carbocycles. The first-order chi connectivity index (χ1) is 22.4. The van der Waals surface area contributed by atoms with Crippen LogP contribution in [0.4, 0.5) is 14.5 Å². The fourth-order valence-corrected chi connectivity index (χ4v) is 5.68. The summed E-state index contributed by atoms with van der Waals surface area (Å²) in [5.74, 6) is 0.357. The number of hydrogen-bond donors (Lipinski definition) is 2. The highest BCUT2D eigenvalue weighted by atomic mass is 35.5. The highest BCUT2D eigenvalue weighted by Crippen LogP contribution is 2.33. The largest absolute Gasteiger partial charge is 0.494 e. The lowest BCUT2D eigenvalue weighted by Gasteiger charge is -2.38. The van der Waals surface area contributed by atoms with E-state index < -0.39 is 12.5 Å². The van der Waals surface area contributed by atoms with Gasteiger partial charge in [0.2, 0.25) is 11.8 Å². The zero-order chi connectivity index (χ0) is 32.3.